The Labute approximate surface area is 112 Å². The van der Waals surface area contributed by atoms with Gasteiger partial charge in [-0.1, -0.05) is 0 Å². The second-order valence-corrected chi connectivity index (χ2v) is 5.58. The van der Waals surface area contributed by atoms with Crippen molar-refractivity contribution in [1.82, 2.24) is 9.78 Å². The van der Waals surface area contributed by atoms with Gasteiger partial charge in [0.25, 0.3) is 5.91 Å². The molecule has 0 aliphatic rings. The summed E-state index contributed by atoms with van der Waals surface area (Å²) in [5, 5.41) is 8.90. The fourth-order valence-electron chi connectivity index (χ4n) is 1.45. The molecule has 1 amide bonds. The molecule has 0 aliphatic carbocycles. The summed E-state index contributed by atoms with van der Waals surface area (Å²) < 4.78 is 2.59. The number of nitrogens with one attached hydrogen (secondary N) is 1. The third-order valence-corrected chi connectivity index (χ3v) is 4.06. The maximum atomic E-state index is 12.0. The smallest absolute Gasteiger partial charge is 0.268 e. The van der Waals surface area contributed by atoms with Crippen LogP contribution in [-0.2, 0) is 0 Å². The Kier molecular flexibility index (Phi) is 3.63. The van der Waals surface area contributed by atoms with E-state index in [-0.39, 0.29) is 11.9 Å². The lowest BCUT2D eigenvalue weighted by Gasteiger charge is -2.11. The number of hydrogen-bond acceptors (Lipinski definition) is 3. The van der Waals surface area contributed by atoms with E-state index in [1.807, 2.05) is 25.3 Å². The highest BCUT2D eigenvalue weighted by atomic mass is 79.9. The number of aromatic nitrogens is 2. The third-order valence-electron chi connectivity index (χ3n) is 2.22. The van der Waals surface area contributed by atoms with Crippen molar-refractivity contribution in [3.8, 4) is 0 Å². The molecule has 2 aromatic heterocycles. The molecule has 0 saturated carbocycles. The zero-order valence-corrected chi connectivity index (χ0v) is 11.9. The quantitative estimate of drug-likeness (QED) is 0.942. The molecule has 0 aromatic carbocycles. The lowest BCUT2D eigenvalue weighted by atomic mass is 10.4. The van der Waals surface area contributed by atoms with Gasteiger partial charge in [0.2, 0.25) is 0 Å². The van der Waals surface area contributed by atoms with Gasteiger partial charge in [-0.15, -0.1) is 11.3 Å². The normalized spacial score (nSPS) is 10.8. The van der Waals surface area contributed by atoms with Gasteiger partial charge in [0.05, 0.1) is 6.20 Å². The molecule has 4 nitrogen and oxygen atoms in total. The van der Waals surface area contributed by atoms with Gasteiger partial charge in [0.15, 0.2) is 0 Å². The summed E-state index contributed by atoms with van der Waals surface area (Å²) in [7, 11) is 0. The molecule has 0 fully saturated rings. The number of carbonyl (C=O) groups excluding carboxylic acids is 1. The second-order valence-electron chi connectivity index (χ2n) is 3.81. The minimum absolute atomic E-state index is 0.116. The van der Waals surface area contributed by atoms with Crippen molar-refractivity contribution >= 4 is 39.0 Å². The van der Waals surface area contributed by atoms with Crippen molar-refractivity contribution in [3.05, 3.63) is 33.1 Å². The van der Waals surface area contributed by atoms with Crippen LogP contribution in [0.4, 0.5) is 5.82 Å². The summed E-state index contributed by atoms with van der Waals surface area (Å²) in [5.41, 5.74) is 0. The maximum absolute atomic E-state index is 12.0. The highest BCUT2D eigenvalue weighted by molar-refractivity contribution is 9.10. The molecule has 6 heteroatoms. The van der Waals surface area contributed by atoms with E-state index in [4.69, 9.17) is 0 Å². The summed E-state index contributed by atoms with van der Waals surface area (Å²) in [6.07, 6.45) is 1.68. The Morgan fingerprint density at radius 2 is 2.29 bits per heavy atom. The van der Waals surface area contributed by atoms with Crippen molar-refractivity contribution in [2.24, 2.45) is 0 Å². The molecule has 0 spiro atoms. The number of anilines is 1. The van der Waals surface area contributed by atoms with Crippen LogP contribution in [-0.4, -0.2) is 15.7 Å². The number of rotatable bonds is 3. The molecule has 0 atom stereocenters. The first-order valence-corrected chi connectivity index (χ1v) is 6.84. The summed E-state index contributed by atoms with van der Waals surface area (Å²) >= 11 is 4.75. The zero-order valence-electron chi connectivity index (χ0n) is 9.48. The van der Waals surface area contributed by atoms with Crippen molar-refractivity contribution < 1.29 is 4.79 Å². The van der Waals surface area contributed by atoms with E-state index in [0.717, 1.165) is 4.47 Å². The largest absolute Gasteiger partial charge is 0.306 e. The fourth-order valence-corrected chi connectivity index (χ4v) is 2.90. The van der Waals surface area contributed by atoms with Gasteiger partial charge >= 0.3 is 0 Å². The summed E-state index contributed by atoms with van der Waals surface area (Å²) in [6, 6.07) is 3.87. The second kappa shape index (κ2) is 5.01. The SMILES string of the molecule is CC(C)n1nccc1NC(=O)c1sccc1Br. The number of carbonyl (C=O) groups is 1. The van der Waals surface area contributed by atoms with Crippen LogP contribution in [0.1, 0.15) is 29.6 Å². The fraction of sp³-hybridized carbons (Fsp3) is 0.273. The maximum Gasteiger partial charge on any atom is 0.268 e. The average molecular weight is 314 g/mol. The van der Waals surface area contributed by atoms with E-state index in [2.05, 4.69) is 26.3 Å². The van der Waals surface area contributed by atoms with Crippen LogP contribution in [0.5, 0.6) is 0 Å². The van der Waals surface area contributed by atoms with E-state index in [1.165, 1.54) is 11.3 Å². The Bertz CT molecular complexity index is 532. The molecular weight excluding hydrogens is 302 g/mol. The molecule has 0 unspecified atom stereocenters. The molecule has 2 rings (SSSR count). The Balaban J connectivity index is 2.19. The summed E-state index contributed by atoms with van der Waals surface area (Å²) in [4.78, 5) is 12.7. The Hall–Kier alpha value is -1.14. The number of nitrogens with zero attached hydrogens (tertiary/aromatic N) is 2. The van der Waals surface area contributed by atoms with Gasteiger partial charge in [-0.05, 0) is 41.2 Å². The topological polar surface area (TPSA) is 46.9 Å². The molecule has 17 heavy (non-hydrogen) atoms. The first-order chi connectivity index (χ1) is 8.09. The number of hydrogen-bond donors (Lipinski definition) is 1. The van der Waals surface area contributed by atoms with E-state index >= 15 is 0 Å². The van der Waals surface area contributed by atoms with Crippen LogP contribution >= 0.6 is 27.3 Å². The Morgan fingerprint density at radius 3 is 2.88 bits per heavy atom. The van der Waals surface area contributed by atoms with E-state index in [9.17, 15) is 4.79 Å². The third kappa shape index (κ3) is 2.58. The molecule has 0 bridgehead atoms. The van der Waals surface area contributed by atoms with Crippen molar-refractivity contribution in [3.63, 3.8) is 0 Å². The number of thiophene rings is 1. The van der Waals surface area contributed by atoms with Crippen molar-refractivity contribution in [1.29, 1.82) is 0 Å². The number of amides is 1. The van der Waals surface area contributed by atoms with E-state index in [0.29, 0.717) is 10.7 Å². The van der Waals surface area contributed by atoms with Gasteiger partial charge in [-0.2, -0.15) is 5.10 Å². The zero-order chi connectivity index (χ0) is 12.4. The van der Waals surface area contributed by atoms with E-state index in [1.54, 1.807) is 16.9 Å². The number of halogens is 1. The van der Waals surface area contributed by atoms with Gasteiger partial charge < -0.3 is 5.32 Å². The van der Waals surface area contributed by atoms with Crippen molar-refractivity contribution in [2.45, 2.75) is 19.9 Å². The highest BCUT2D eigenvalue weighted by Gasteiger charge is 2.14. The minimum Gasteiger partial charge on any atom is -0.306 e. The van der Waals surface area contributed by atoms with Crippen LogP contribution in [0, 0.1) is 0 Å². The molecule has 90 valence electrons. The average Bonchev–Trinajstić information content (AvgIpc) is 2.86. The van der Waals surface area contributed by atoms with Crippen LogP contribution in [0.15, 0.2) is 28.2 Å². The summed E-state index contributed by atoms with van der Waals surface area (Å²) in [5.74, 6) is 0.597. The summed E-state index contributed by atoms with van der Waals surface area (Å²) in [6.45, 7) is 4.04. The molecule has 2 heterocycles. The lowest BCUT2D eigenvalue weighted by molar-refractivity contribution is 0.102. The van der Waals surface area contributed by atoms with Crippen LogP contribution in [0.2, 0.25) is 0 Å². The first-order valence-electron chi connectivity index (χ1n) is 5.17. The highest BCUT2D eigenvalue weighted by Crippen LogP contribution is 2.24. The van der Waals surface area contributed by atoms with Gasteiger partial charge in [-0.25, -0.2) is 4.68 Å². The molecule has 1 N–H and O–H groups in total. The van der Waals surface area contributed by atoms with Crippen LogP contribution in [0.3, 0.4) is 0 Å². The van der Waals surface area contributed by atoms with Gasteiger partial charge in [0, 0.05) is 16.6 Å². The standard InChI is InChI=1S/C11H12BrN3OS/c1-7(2)15-9(3-5-13-15)14-11(16)10-8(12)4-6-17-10/h3-7H,1-2H3,(H,14,16). The van der Waals surface area contributed by atoms with Crippen LogP contribution < -0.4 is 5.32 Å². The lowest BCUT2D eigenvalue weighted by Crippen LogP contribution is -2.16. The Morgan fingerprint density at radius 1 is 1.53 bits per heavy atom. The molecule has 0 radical (unpaired) electrons. The van der Waals surface area contributed by atoms with Gasteiger partial charge in [-0.3, -0.25) is 4.79 Å². The molecule has 2 aromatic rings. The van der Waals surface area contributed by atoms with Crippen molar-refractivity contribution in [2.75, 3.05) is 5.32 Å². The molecular formula is C11H12BrN3OS. The molecule has 0 saturated heterocycles. The van der Waals surface area contributed by atoms with E-state index < -0.39 is 0 Å². The molecule has 0 aliphatic heterocycles. The predicted molar refractivity (Wildman–Crippen MR) is 72.6 cm³/mol. The monoisotopic (exact) mass is 313 g/mol. The van der Waals surface area contributed by atoms with Gasteiger partial charge in [0.1, 0.15) is 10.7 Å². The first kappa shape index (κ1) is 12.3. The minimum atomic E-state index is -0.116. The predicted octanol–water partition coefficient (Wildman–Crippen LogP) is 3.54. The van der Waals surface area contributed by atoms with Crippen LogP contribution in [0.25, 0.3) is 0 Å².